The van der Waals surface area contributed by atoms with Gasteiger partial charge in [-0.2, -0.15) is 0 Å². The van der Waals surface area contributed by atoms with Gasteiger partial charge in [0.1, 0.15) is 0 Å². The molecule has 0 saturated carbocycles. The van der Waals surface area contributed by atoms with Gasteiger partial charge in [-0.1, -0.05) is 34.8 Å². The summed E-state index contributed by atoms with van der Waals surface area (Å²) in [4.78, 5) is 0. The van der Waals surface area contributed by atoms with Crippen molar-refractivity contribution >= 4 is 41.0 Å². The lowest BCUT2D eigenvalue weighted by Crippen LogP contribution is -2.00. The van der Waals surface area contributed by atoms with Crippen LogP contribution in [0.1, 0.15) is 0 Å². The first-order valence-corrected chi connectivity index (χ1v) is 2.28. The maximum absolute atomic E-state index is 6.33. The molecule has 0 saturated heterocycles. The Balaban J connectivity index is 3.45. The van der Waals surface area contributed by atoms with Crippen molar-refractivity contribution in [3.63, 3.8) is 0 Å². The molecular weight excluding hydrogens is 144 g/mol. The Hall–Kier alpha value is 0.540. The van der Waals surface area contributed by atoms with Crippen LogP contribution in [0.4, 0.5) is 0 Å². The number of rotatable bonds is 0. The fraction of sp³-hybridized carbons (Fsp3) is 0.500. The predicted octanol–water partition coefficient (Wildman–Crippen LogP) is 2.01. The molecule has 0 bridgehead atoms. The Kier molecular flexibility index (Phi) is 2.19. The Bertz CT molecular complexity index is 54.3. The van der Waals surface area contributed by atoms with Gasteiger partial charge in [0, 0.05) is 6.21 Å². The highest BCUT2D eigenvalue weighted by atomic mass is 35.6. The second-order valence-electron chi connectivity index (χ2n) is 0.686. The minimum atomic E-state index is -1.50. The summed E-state index contributed by atoms with van der Waals surface area (Å²) in [5.74, 6) is 0. The number of halogens is 3. The molecule has 1 nitrogen and oxygen atoms in total. The lowest BCUT2D eigenvalue weighted by Gasteiger charge is -1.96. The summed E-state index contributed by atoms with van der Waals surface area (Å²) in [7, 11) is 0. The van der Waals surface area contributed by atoms with Crippen molar-refractivity contribution in [1.82, 2.24) is 0 Å². The van der Waals surface area contributed by atoms with Crippen molar-refractivity contribution in [2.75, 3.05) is 0 Å². The first kappa shape index (κ1) is 6.54. The largest absolute Gasteiger partial charge is 0.309 e. The lowest BCUT2D eigenvalue weighted by molar-refractivity contribution is 1.48. The highest BCUT2D eigenvalue weighted by Gasteiger charge is 2.12. The molecule has 0 aromatic heterocycles. The third kappa shape index (κ3) is 4.54. The maximum Gasteiger partial charge on any atom is 0.225 e. The zero-order chi connectivity index (χ0) is 5.21. The summed E-state index contributed by atoms with van der Waals surface area (Å²) >= 11 is 15.0. The maximum atomic E-state index is 6.33. The first-order valence-electron chi connectivity index (χ1n) is 1.14. The van der Waals surface area contributed by atoms with E-state index in [1.54, 1.807) is 0 Å². The number of nitrogens with one attached hydrogen (secondary N) is 1. The minimum Gasteiger partial charge on any atom is -0.309 e. The molecule has 0 fully saturated rings. The van der Waals surface area contributed by atoms with Crippen molar-refractivity contribution in [1.29, 1.82) is 5.41 Å². The van der Waals surface area contributed by atoms with Gasteiger partial charge in [0.05, 0.1) is 0 Å². The summed E-state index contributed by atoms with van der Waals surface area (Å²) in [6.45, 7) is 0. The third-order valence-corrected chi connectivity index (χ3v) is 0.491. The quantitative estimate of drug-likeness (QED) is 0.399. The lowest BCUT2D eigenvalue weighted by atomic mass is 10.9. The molecule has 0 aromatic carbocycles. The number of alkyl halides is 3. The van der Waals surface area contributed by atoms with Crippen LogP contribution in [-0.2, 0) is 0 Å². The van der Waals surface area contributed by atoms with Gasteiger partial charge >= 0.3 is 0 Å². The Morgan fingerprint density at radius 2 is 1.50 bits per heavy atom. The smallest absolute Gasteiger partial charge is 0.225 e. The second kappa shape index (κ2) is 2.01. The fourth-order valence-electron chi connectivity index (χ4n) is 0. The molecule has 4 heteroatoms. The standard InChI is InChI=1S/C2H2Cl3N/c3-2(4,5)1-6/h1,6H. The molecule has 0 atom stereocenters. The van der Waals surface area contributed by atoms with E-state index in [2.05, 4.69) is 0 Å². The normalized spacial score (nSPS) is 11.2. The Labute approximate surface area is 50.7 Å². The first-order chi connectivity index (χ1) is 2.56. The van der Waals surface area contributed by atoms with Crippen LogP contribution in [0, 0.1) is 5.41 Å². The van der Waals surface area contributed by atoms with Crippen LogP contribution in [0.15, 0.2) is 0 Å². The van der Waals surface area contributed by atoms with E-state index in [0.717, 1.165) is 6.21 Å². The van der Waals surface area contributed by atoms with Crippen LogP contribution in [0.5, 0.6) is 0 Å². The Morgan fingerprint density at radius 1 is 1.33 bits per heavy atom. The molecule has 0 heterocycles. The van der Waals surface area contributed by atoms with Gasteiger partial charge in [-0.15, -0.1) is 0 Å². The Morgan fingerprint density at radius 3 is 1.50 bits per heavy atom. The van der Waals surface area contributed by atoms with Gasteiger partial charge in [-0.3, -0.25) is 0 Å². The van der Waals surface area contributed by atoms with E-state index in [0.29, 0.717) is 0 Å². The van der Waals surface area contributed by atoms with Gasteiger partial charge < -0.3 is 5.41 Å². The average Bonchev–Trinajstić information content (AvgIpc) is 1.35. The summed E-state index contributed by atoms with van der Waals surface area (Å²) in [6.07, 6.45) is 0.734. The van der Waals surface area contributed by atoms with E-state index in [9.17, 15) is 0 Å². The molecule has 6 heavy (non-hydrogen) atoms. The molecule has 0 amide bonds. The summed E-state index contributed by atoms with van der Waals surface area (Å²) in [5, 5.41) is 6.33. The third-order valence-electron chi connectivity index (χ3n) is 0.164. The van der Waals surface area contributed by atoms with Gasteiger partial charge in [0.25, 0.3) is 0 Å². The molecule has 0 aliphatic carbocycles. The SMILES string of the molecule is N=CC(Cl)(Cl)Cl. The van der Waals surface area contributed by atoms with Crippen molar-refractivity contribution in [3.8, 4) is 0 Å². The van der Waals surface area contributed by atoms with Gasteiger partial charge in [-0.25, -0.2) is 0 Å². The van der Waals surface area contributed by atoms with Crippen LogP contribution < -0.4 is 0 Å². The van der Waals surface area contributed by atoms with Crippen molar-refractivity contribution in [3.05, 3.63) is 0 Å². The van der Waals surface area contributed by atoms with Crippen LogP contribution in [0.25, 0.3) is 0 Å². The molecule has 36 valence electrons. The topological polar surface area (TPSA) is 23.9 Å². The van der Waals surface area contributed by atoms with E-state index in [4.69, 9.17) is 40.2 Å². The van der Waals surface area contributed by atoms with E-state index in [1.807, 2.05) is 0 Å². The highest BCUT2D eigenvalue weighted by Crippen LogP contribution is 2.21. The van der Waals surface area contributed by atoms with Crippen LogP contribution in [0.3, 0.4) is 0 Å². The van der Waals surface area contributed by atoms with Crippen molar-refractivity contribution in [2.45, 2.75) is 3.79 Å². The fourth-order valence-corrected chi connectivity index (χ4v) is 0. The minimum absolute atomic E-state index is 0.734. The molecule has 0 aliphatic rings. The van der Waals surface area contributed by atoms with Crippen LogP contribution in [0.2, 0.25) is 0 Å². The number of hydrogen-bond donors (Lipinski definition) is 1. The monoisotopic (exact) mass is 145 g/mol. The summed E-state index contributed by atoms with van der Waals surface area (Å²) in [5.41, 5.74) is 0. The molecule has 0 spiro atoms. The van der Waals surface area contributed by atoms with E-state index in [1.165, 1.54) is 0 Å². The molecule has 0 aromatic rings. The number of hydrogen-bond acceptors (Lipinski definition) is 1. The van der Waals surface area contributed by atoms with E-state index >= 15 is 0 Å². The van der Waals surface area contributed by atoms with E-state index < -0.39 is 3.79 Å². The molecule has 0 radical (unpaired) electrons. The van der Waals surface area contributed by atoms with Gasteiger partial charge in [0.2, 0.25) is 3.79 Å². The molecular formula is C2H2Cl3N. The van der Waals surface area contributed by atoms with Crippen molar-refractivity contribution < 1.29 is 0 Å². The molecule has 1 N–H and O–H groups in total. The zero-order valence-electron chi connectivity index (χ0n) is 2.71. The van der Waals surface area contributed by atoms with Gasteiger partial charge in [0.15, 0.2) is 0 Å². The van der Waals surface area contributed by atoms with Crippen LogP contribution >= 0.6 is 34.8 Å². The highest BCUT2D eigenvalue weighted by molar-refractivity contribution is 6.74. The van der Waals surface area contributed by atoms with Crippen molar-refractivity contribution in [2.24, 2.45) is 0 Å². The molecule has 0 unspecified atom stereocenters. The average molecular weight is 146 g/mol. The second-order valence-corrected chi connectivity index (χ2v) is 3.05. The molecule has 0 aliphatic heterocycles. The zero-order valence-corrected chi connectivity index (χ0v) is 4.98. The molecule has 0 rings (SSSR count). The summed E-state index contributed by atoms with van der Waals surface area (Å²) < 4.78 is -1.50. The summed E-state index contributed by atoms with van der Waals surface area (Å²) in [6, 6.07) is 0. The predicted molar refractivity (Wildman–Crippen MR) is 29.1 cm³/mol. The van der Waals surface area contributed by atoms with E-state index in [-0.39, 0.29) is 0 Å². The van der Waals surface area contributed by atoms with Crippen LogP contribution in [-0.4, -0.2) is 10.0 Å². The van der Waals surface area contributed by atoms with Gasteiger partial charge in [-0.05, 0) is 0 Å².